The molecular formula is C11H11ClFNO2. The zero-order chi connectivity index (χ0) is 11.7. The smallest absolute Gasteiger partial charge is 0.325 e. The molecule has 1 aliphatic rings. The van der Waals surface area contributed by atoms with Gasteiger partial charge in [-0.05, 0) is 18.9 Å². The minimum absolute atomic E-state index is 0.0543. The summed E-state index contributed by atoms with van der Waals surface area (Å²) in [5.41, 5.74) is 0.0897. The van der Waals surface area contributed by atoms with Gasteiger partial charge in [-0.1, -0.05) is 23.7 Å². The van der Waals surface area contributed by atoms with Crippen LogP contribution in [0.15, 0.2) is 18.2 Å². The SMILES string of the molecule is O=C(O)C(NC1CC1)c1cccc(Cl)c1F. The first kappa shape index (κ1) is 11.4. The predicted molar refractivity (Wildman–Crippen MR) is 57.9 cm³/mol. The topological polar surface area (TPSA) is 49.3 Å². The van der Waals surface area contributed by atoms with Crippen molar-refractivity contribution in [1.29, 1.82) is 0 Å². The second kappa shape index (κ2) is 4.39. The normalized spacial score (nSPS) is 17.1. The van der Waals surface area contributed by atoms with Crippen molar-refractivity contribution in [2.45, 2.75) is 24.9 Å². The van der Waals surface area contributed by atoms with Crippen LogP contribution in [0.4, 0.5) is 4.39 Å². The highest BCUT2D eigenvalue weighted by Crippen LogP contribution is 2.28. The van der Waals surface area contributed by atoms with E-state index in [-0.39, 0.29) is 16.6 Å². The summed E-state index contributed by atoms with van der Waals surface area (Å²) in [6, 6.07) is 3.54. The van der Waals surface area contributed by atoms with Crippen LogP contribution in [0.5, 0.6) is 0 Å². The van der Waals surface area contributed by atoms with Crippen molar-refractivity contribution in [3.8, 4) is 0 Å². The molecule has 0 aliphatic heterocycles. The monoisotopic (exact) mass is 243 g/mol. The highest BCUT2D eigenvalue weighted by atomic mass is 35.5. The second-order valence-electron chi connectivity index (χ2n) is 3.86. The van der Waals surface area contributed by atoms with Crippen LogP contribution in [-0.2, 0) is 4.79 Å². The molecule has 1 fully saturated rings. The maximum Gasteiger partial charge on any atom is 0.325 e. The molecule has 1 unspecified atom stereocenters. The molecule has 1 atom stereocenters. The number of halogens is 2. The molecular weight excluding hydrogens is 233 g/mol. The number of hydrogen-bond donors (Lipinski definition) is 2. The van der Waals surface area contributed by atoms with Gasteiger partial charge in [-0.15, -0.1) is 0 Å². The molecule has 0 spiro atoms. The van der Waals surface area contributed by atoms with Crippen LogP contribution in [0.1, 0.15) is 24.4 Å². The number of benzene rings is 1. The molecule has 5 heteroatoms. The molecule has 0 saturated heterocycles. The molecule has 0 heterocycles. The number of carbonyl (C=O) groups is 1. The Labute approximate surface area is 97.2 Å². The van der Waals surface area contributed by atoms with Crippen LogP contribution < -0.4 is 5.32 Å². The van der Waals surface area contributed by atoms with Gasteiger partial charge in [0, 0.05) is 11.6 Å². The second-order valence-corrected chi connectivity index (χ2v) is 4.26. The molecule has 86 valence electrons. The van der Waals surface area contributed by atoms with Crippen LogP contribution in [0, 0.1) is 5.82 Å². The lowest BCUT2D eigenvalue weighted by molar-refractivity contribution is -0.139. The number of carboxylic acids is 1. The molecule has 16 heavy (non-hydrogen) atoms. The Morgan fingerprint density at radius 3 is 2.81 bits per heavy atom. The quantitative estimate of drug-likeness (QED) is 0.854. The molecule has 1 saturated carbocycles. The van der Waals surface area contributed by atoms with Crippen molar-refractivity contribution in [1.82, 2.24) is 5.32 Å². The van der Waals surface area contributed by atoms with Crippen molar-refractivity contribution in [3.05, 3.63) is 34.6 Å². The van der Waals surface area contributed by atoms with Crippen molar-refractivity contribution in [3.63, 3.8) is 0 Å². The van der Waals surface area contributed by atoms with Crippen LogP contribution >= 0.6 is 11.6 Å². The van der Waals surface area contributed by atoms with E-state index in [1.165, 1.54) is 12.1 Å². The number of nitrogens with one attached hydrogen (secondary N) is 1. The van der Waals surface area contributed by atoms with E-state index in [2.05, 4.69) is 5.32 Å². The Morgan fingerprint density at radius 1 is 1.56 bits per heavy atom. The minimum Gasteiger partial charge on any atom is -0.480 e. The summed E-state index contributed by atoms with van der Waals surface area (Å²) in [5, 5.41) is 11.9. The first-order valence-electron chi connectivity index (χ1n) is 5.02. The van der Waals surface area contributed by atoms with Gasteiger partial charge in [0.15, 0.2) is 0 Å². The van der Waals surface area contributed by atoms with E-state index in [0.29, 0.717) is 0 Å². The summed E-state index contributed by atoms with van der Waals surface area (Å²) < 4.78 is 13.6. The van der Waals surface area contributed by atoms with E-state index >= 15 is 0 Å². The van der Waals surface area contributed by atoms with E-state index in [1.807, 2.05) is 0 Å². The van der Waals surface area contributed by atoms with E-state index in [0.717, 1.165) is 12.8 Å². The van der Waals surface area contributed by atoms with Gasteiger partial charge in [-0.3, -0.25) is 10.1 Å². The summed E-state index contributed by atoms with van der Waals surface area (Å²) in [4.78, 5) is 11.1. The Balaban J connectivity index is 2.29. The minimum atomic E-state index is -1.09. The van der Waals surface area contributed by atoms with Crippen LogP contribution in [0.25, 0.3) is 0 Å². The molecule has 1 aliphatic carbocycles. The average molecular weight is 244 g/mol. The van der Waals surface area contributed by atoms with Crippen LogP contribution in [-0.4, -0.2) is 17.1 Å². The summed E-state index contributed by atoms with van der Waals surface area (Å²) in [6.07, 6.45) is 1.87. The molecule has 0 aromatic heterocycles. The van der Waals surface area contributed by atoms with Crippen molar-refractivity contribution >= 4 is 17.6 Å². The van der Waals surface area contributed by atoms with Gasteiger partial charge < -0.3 is 5.11 Å². The van der Waals surface area contributed by atoms with Gasteiger partial charge in [0.25, 0.3) is 0 Å². The third-order valence-electron chi connectivity index (χ3n) is 2.52. The Hall–Kier alpha value is -1.13. The standard InChI is InChI=1S/C11H11ClFNO2/c12-8-3-1-2-7(9(8)13)10(11(15)16)14-6-4-5-6/h1-3,6,10,14H,4-5H2,(H,15,16). The summed E-state index contributed by atoms with van der Waals surface area (Å²) in [7, 11) is 0. The van der Waals surface area contributed by atoms with Gasteiger partial charge in [-0.2, -0.15) is 0 Å². The lowest BCUT2D eigenvalue weighted by Crippen LogP contribution is -2.30. The largest absolute Gasteiger partial charge is 0.480 e. The molecule has 2 rings (SSSR count). The van der Waals surface area contributed by atoms with E-state index in [9.17, 15) is 9.18 Å². The molecule has 0 amide bonds. The predicted octanol–water partition coefficient (Wildman–Crippen LogP) is 2.36. The number of hydrogen-bond acceptors (Lipinski definition) is 2. The maximum absolute atomic E-state index is 13.6. The molecule has 3 nitrogen and oxygen atoms in total. The summed E-state index contributed by atoms with van der Waals surface area (Å²) in [6.45, 7) is 0. The number of rotatable bonds is 4. The van der Waals surface area contributed by atoms with E-state index < -0.39 is 17.8 Å². The Bertz CT molecular complexity index is 420. The number of carboxylic acid groups (broad SMARTS) is 1. The van der Waals surface area contributed by atoms with E-state index in [4.69, 9.17) is 16.7 Å². The summed E-state index contributed by atoms with van der Waals surface area (Å²) >= 11 is 5.62. The van der Waals surface area contributed by atoms with E-state index in [1.54, 1.807) is 6.07 Å². The zero-order valence-electron chi connectivity index (χ0n) is 8.41. The Kier molecular flexibility index (Phi) is 3.12. The van der Waals surface area contributed by atoms with Gasteiger partial charge in [-0.25, -0.2) is 4.39 Å². The molecule has 0 radical (unpaired) electrons. The van der Waals surface area contributed by atoms with Gasteiger partial charge in [0.2, 0.25) is 0 Å². The van der Waals surface area contributed by atoms with Crippen molar-refractivity contribution < 1.29 is 14.3 Å². The average Bonchev–Trinajstić information content (AvgIpc) is 3.03. The molecule has 1 aromatic rings. The third kappa shape index (κ3) is 2.33. The fourth-order valence-electron chi connectivity index (χ4n) is 1.52. The van der Waals surface area contributed by atoms with Gasteiger partial charge >= 0.3 is 5.97 Å². The van der Waals surface area contributed by atoms with Crippen molar-refractivity contribution in [2.75, 3.05) is 0 Å². The number of aliphatic carboxylic acids is 1. The molecule has 1 aromatic carbocycles. The highest BCUT2D eigenvalue weighted by Gasteiger charge is 2.31. The first-order valence-corrected chi connectivity index (χ1v) is 5.40. The summed E-state index contributed by atoms with van der Waals surface area (Å²) in [5.74, 6) is -1.75. The zero-order valence-corrected chi connectivity index (χ0v) is 9.17. The van der Waals surface area contributed by atoms with Gasteiger partial charge in [0.05, 0.1) is 5.02 Å². The lowest BCUT2D eigenvalue weighted by Gasteiger charge is -2.15. The maximum atomic E-state index is 13.6. The fourth-order valence-corrected chi connectivity index (χ4v) is 1.71. The van der Waals surface area contributed by atoms with Crippen LogP contribution in [0.2, 0.25) is 5.02 Å². The van der Waals surface area contributed by atoms with Gasteiger partial charge in [0.1, 0.15) is 11.9 Å². The molecule has 0 bridgehead atoms. The fraction of sp³-hybridized carbons (Fsp3) is 0.364. The highest BCUT2D eigenvalue weighted by molar-refractivity contribution is 6.30. The lowest BCUT2D eigenvalue weighted by atomic mass is 10.1. The van der Waals surface area contributed by atoms with Crippen LogP contribution in [0.3, 0.4) is 0 Å². The van der Waals surface area contributed by atoms with Crippen molar-refractivity contribution in [2.24, 2.45) is 0 Å². The third-order valence-corrected chi connectivity index (χ3v) is 2.81. The first-order chi connectivity index (χ1) is 7.59. The Morgan fingerprint density at radius 2 is 2.25 bits per heavy atom. The molecule has 2 N–H and O–H groups in total.